The highest BCUT2D eigenvalue weighted by Crippen LogP contribution is 2.20. The van der Waals surface area contributed by atoms with Crippen LogP contribution in [0.5, 0.6) is 0 Å². The molecule has 230 valence electrons. The Kier molecular flexibility index (Phi) is 24.1. The summed E-state index contributed by atoms with van der Waals surface area (Å²) >= 11 is 0. The first kappa shape index (κ1) is 36.1. The predicted molar refractivity (Wildman–Crippen MR) is 171 cm³/mol. The summed E-state index contributed by atoms with van der Waals surface area (Å²) in [6.07, 6.45) is 32.8. The average Bonchev–Trinajstić information content (AvgIpc) is 3.35. The van der Waals surface area contributed by atoms with Crippen molar-refractivity contribution in [2.45, 2.75) is 181 Å². The molecule has 0 aromatic heterocycles. The van der Waals surface area contributed by atoms with Gasteiger partial charge in [0.15, 0.2) is 5.84 Å². The van der Waals surface area contributed by atoms with Crippen LogP contribution in [-0.2, 0) is 9.53 Å². The lowest BCUT2D eigenvalue weighted by Crippen LogP contribution is -2.52. The third kappa shape index (κ3) is 19.0. The summed E-state index contributed by atoms with van der Waals surface area (Å²) in [6, 6.07) is 0. The van der Waals surface area contributed by atoms with Gasteiger partial charge in [0.1, 0.15) is 19.7 Å². The van der Waals surface area contributed by atoms with Crippen molar-refractivity contribution >= 4 is 11.8 Å². The molecule has 0 aromatic carbocycles. The number of carbonyl (C=O) groups is 1. The molecule has 1 rings (SSSR count). The predicted octanol–water partition coefficient (Wildman–Crippen LogP) is 10.6. The largest absolute Gasteiger partial charge is 0.460 e. The van der Waals surface area contributed by atoms with E-state index < -0.39 is 0 Å². The molecule has 1 unspecified atom stereocenters. The Bertz CT molecular complexity index is 591. The highest BCUT2D eigenvalue weighted by molar-refractivity contribution is 5.76. The maximum Gasteiger partial charge on any atom is 0.305 e. The molecule has 1 atom stereocenters. The van der Waals surface area contributed by atoms with E-state index in [9.17, 15) is 4.79 Å². The molecule has 0 aliphatic carbocycles. The monoisotopic (exact) mass is 550 g/mol. The van der Waals surface area contributed by atoms with E-state index in [0.717, 1.165) is 49.9 Å². The van der Waals surface area contributed by atoms with Crippen molar-refractivity contribution in [1.82, 2.24) is 0 Å². The van der Waals surface area contributed by atoms with Gasteiger partial charge in [-0.1, -0.05) is 149 Å². The summed E-state index contributed by atoms with van der Waals surface area (Å²) in [6.45, 7) is 11.4. The molecule has 4 nitrogen and oxygen atoms in total. The second kappa shape index (κ2) is 26.0. The molecule has 0 radical (unpaired) electrons. The third-order valence-corrected chi connectivity index (χ3v) is 9.00. The SMILES string of the molecule is CCCCCCCCCCCCCCCCCC(=O)OCC[N+]1(CC)CCN=C1CCCCCCCCCC. The molecule has 0 saturated carbocycles. The van der Waals surface area contributed by atoms with Crippen molar-refractivity contribution in [2.75, 3.05) is 32.8 Å². The van der Waals surface area contributed by atoms with Crippen LogP contribution in [0.1, 0.15) is 181 Å². The van der Waals surface area contributed by atoms with Gasteiger partial charge in [-0.05, 0) is 19.8 Å². The number of unbranched alkanes of at least 4 members (excludes halogenated alkanes) is 21. The van der Waals surface area contributed by atoms with Crippen LogP contribution in [0.3, 0.4) is 0 Å². The zero-order chi connectivity index (χ0) is 28.3. The highest BCUT2D eigenvalue weighted by Gasteiger charge is 2.36. The molecule has 4 heteroatoms. The summed E-state index contributed by atoms with van der Waals surface area (Å²) in [7, 11) is 0. The molecule has 0 aromatic rings. The van der Waals surface area contributed by atoms with Crippen LogP contribution in [-0.4, -0.2) is 49.1 Å². The standard InChI is InChI=1S/C35H69N2O2/c1-4-7-9-11-13-15-16-17-18-19-20-21-23-25-27-29-35(38)39-33-32-37(6-3)31-30-36-34(37)28-26-24-22-14-12-10-8-5-2/h4-33H2,1-3H3/q+1. The first-order valence-corrected chi connectivity index (χ1v) is 17.7. The summed E-state index contributed by atoms with van der Waals surface area (Å²) in [5, 5.41) is 0. The van der Waals surface area contributed by atoms with Crippen LogP contribution < -0.4 is 0 Å². The molecule has 1 heterocycles. The van der Waals surface area contributed by atoms with E-state index in [-0.39, 0.29) is 5.97 Å². The Balaban J connectivity index is 1.99. The molecule has 39 heavy (non-hydrogen) atoms. The molecule has 0 spiro atoms. The Morgan fingerprint density at radius 2 is 1.08 bits per heavy atom. The van der Waals surface area contributed by atoms with Gasteiger partial charge < -0.3 is 4.74 Å². The van der Waals surface area contributed by atoms with E-state index in [1.54, 1.807) is 0 Å². The van der Waals surface area contributed by atoms with E-state index in [4.69, 9.17) is 9.73 Å². The van der Waals surface area contributed by atoms with Gasteiger partial charge in [-0.2, -0.15) is 0 Å². The zero-order valence-electron chi connectivity index (χ0n) is 26.9. The lowest BCUT2D eigenvalue weighted by Gasteiger charge is -2.33. The van der Waals surface area contributed by atoms with Crippen molar-refractivity contribution < 1.29 is 14.0 Å². The first-order chi connectivity index (χ1) is 19.2. The fourth-order valence-electron chi connectivity index (χ4n) is 6.17. The van der Waals surface area contributed by atoms with Crippen molar-refractivity contribution in [1.29, 1.82) is 0 Å². The van der Waals surface area contributed by atoms with Crippen molar-refractivity contribution in [3.05, 3.63) is 0 Å². The molecule has 1 aliphatic rings. The Morgan fingerprint density at radius 3 is 1.54 bits per heavy atom. The van der Waals surface area contributed by atoms with Gasteiger partial charge in [0.25, 0.3) is 0 Å². The number of hydrogen-bond donors (Lipinski definition) is 0. The molecule has 0 saturated heterocycles. The summed E-state index contributed by atoms with van der Waals surface area (Å²) < 4.78 is 6.63. The average molecular weight is 550 g/mol. The van der Waals surface area contributed by atoms with Gasteiger partial charge in [-0.25, -0.2) is 4.99 Å². The quantitative estimate of drug-likeness (QED) is 0.0528. The summed E-state index contributed by atoms with van der Waals surface area (Å²) in [4.78, 5) is 17.2. The van der Waals surface area contributed by atoms with Gasteiger partial charge in [-0.15, -0.1) is 0 Å². The molecular weight excluding hydrogens is 480 g/mol. The number of aliphatic imine (C=N–C) groups is 1. The Labute approximate surface area is 244 Å². The fourth-order valence-corrected chi connectivity index (χ4v) is 6.17. The lowest BCUT2D eigenvalue weighted by molar-refractivity contribution is -0.834. The van der Waals surface area contributed by atoms with Crippen molar-refractivity contribution in [3.8, 4) is 0 Å². The van der Waals surface area contributed by atoms with Crippen LogP contribution in [0.25, 0.3) is 0 Å². The molecule has 0 fully saturated rings. The number of rotatable bonds is 29. The lowest BCUT2D eigenvalue weighted by atomic mass is 10.0. The minimum absolute atomic E-state index is 0.000272. The van der Waals surface area contributed by atoms with E-state index in [2.05, 4.69) is 20.8 Å². The van der Waals surface area contributed by atoms with Gasteiger partial charge in [0.05, 0.1) is 13.1 Å². The summed E-state index contributed by atoms with van der Waals surface area (Å²) in [5.41, 5.74) is 0. The van der Waals surface area contributed by atoms with Gasteiger partial charge >= 0.3 is 5.97 Å². The van der Waals surface area contributed by atoms with Crippen LogP contribution in [0.4, 0.5) is 0 Å². The maximum atomic E-state index is 12.3. The first-order valence-electron chi connectivity index (χ1n) is 17.7. The zero-order valence-corrected chi connectivity index (χ0v) is 26.9. The minimum atomic E-state index is -0.000272. The number of likely N-dealkylation sites (N-methyl/N-ethyl adjacent to an activating group) is 1. The Hall–Kier alpha value is -0.900. The number of carbonyl (C=O) groups excluding carboxylic acids is 1. The number of quaternary nitrogens is 1. The van der Waals surface area contributed by atoms with Crippen molar-refractivity contribution in [3.63, 3.8) is 0 Å². The van der Waals surface area contributed by atoms with Crippen LogP contribution in [0.15, 0.2) is 4.99 Å². The highest BCUT2D eigenvalue weighted by atomic mass is 16.5. The number of ether oxygens (including phenoxy) is 1. The van der Waals surface area contributed by atoms with Crippen LogP contribution in [0, 0.1) is 0 Å². The van der Waals surface area contributed by atoms with Crippen molar-refractivity contribution in [2.24, 2.45) is 4.99 Å². The molecule has 0 bridgehead atoms. The minimum Gasteiger partial charge on any atom is -0.460 e. The van der Waals surface area contributed by atoms with Gasteiger partial charge in [0.2, 0.25) is 0 Å². The second-order valence-electron chi connectivity index (χ2n) is 12.4. The smallest absolute Gasteiger partial charge is 0.305 e. The second-order valence-corrected chi connectivity index (χ2v) is 12.4. The van der Waals surface area contributed by atoms with E-state index in [1.165, 1.54) is 141 Å². The maximum absolute atomic E-state index is 12.3. The third-order valence-electron chi connectivity index (χ3n) is 9.00. The van der Waals surface area contributed by atoms with Crippen LogP contribution in [0.2, 0.25) is 0 Å². The van der Waals surface area contributed by atoms with Gasteiger partial charge in [0, 0.05) is 12.8 Å². The number of nitrogens with zero attached hydrogens (tertiary/aromatic N) is 2. The van der Waals surface area contributed by atoms with Gasteiger partial charge in [-0.3, -0.25) is 9.28 Å². The number of amidine groups is 1. The molecule has 1 aliphatic heterocycles. The molecule has 0 amide bonds. The summed E-state index contributed by atoms with van der Waals surface area (Å²) in [5.74, 6) is 1.36. The van der Waals surface area contributed by atoms with Crippen LogP contribution >= 0.6 is 0 Å². The number of hydrogen-bond acceptors (Lipinski definition) is 3. The van der Waals surface area contributed by atoms with E-state index in [0.29, 0.717) is 13.0 Å². The number of esters is 1. The normalized spacial score (nSPS) is 17.1. The molecule has 0 N–H and O–H groups in total. The van der Waals surface area contributed by atoms with E-state index >= 15 is 0 Å². The van der Waals surface area contributed by atoms with E-state index in [1.807, 2.05) is 0 Å². The topological polar surface area (TPSA) is 38.7 Å². The fraction of sp³-hybridized carbons (Fsp3) is 0.943. The Morgan fingerprint density at radius 1 is 0.641 bits per heavy atom. The molecular formula is C35H69N2O2+.